The number of hydrogen-bond donors (Lipinski definition) is 0. The highest BCUT2D eigenvalue weighted by atomic mass is 16.5. The molecule has 4 rings (SSSR count). The predicted molar refractivity (Wildman–Crippen MR) is 99.3 cm³/mol. The van der Waals surface area contributed by atoms with Crippen LogP contribution in [0.25, 0.3) is 10.9 Å². The molecule has 0 atom stereocenters. The zero-order valence-electron chi connectivity index (χ0n) is 15.1. The van der Waals surface area contributed by atoms with E-state index in [0.717, 1.165) is 49.3 Å². The van der Waals surface area contributed by atoms with Gasteiger partial charge in [0.25, 0.3) is 0 Å². The van der Waals surface area contributed by atoms with Crippen LogP contribution in [0.3, 0.4) is 0 Å². The Hall–Kier alpha value is -2.67. The topological polar surface area (TPSA) is 67.5 Å². The average Bonchev–Trinajstić information content (AvgIpc) is 3.15. The minimum Gasteiger partial charge on any atom is -0.474 e. The number of anilines is 1. The fourth-order valence-electron chi connectivity index (χ4n) is 3.24. The first-order valence-electron chi connectivity index (χ1n) is 8.95. The number of piperazine rings is 1. The first-order chi connectivity index (χ1) is 12.7. The first kappa shape index (κ1) is 16.8. The summed E-state index contributed by atoms with van der Waals surface area (Å²) in [7, 11) is 0. The summed E-state index contributed by atoms with van der Waals surface area (Å²) in [6, 6.07) is 6.31. The smallest absolute Gasteiger partial charge is 0.224 e. The molecule has 0 aliphatic carbocycles. The predicted octanol–water partition coefficient (Wildman–Crippen LogP) is 2.73. The third-order valence-corrected chi connectivity index (χ3v) is 4.54. The molecule has 0 amide bonds. The molecule has 0 unspecified atom stereocenters. The van der Waals surface area contributed by atoms with Crippen LogP contribution >= 0.6 is 0 Å². The van der Waals surface area contributed by atoms with Crippen LogP contribution in [0.2, 0.25) is 0 Å². The molecular weight excluding hydrogens is 330 g/mol. The molecular formula is C19H23N5O2. The van der Waals surface area contributed by atoms with E-state index in [1.807, 2.05) is 19.9 Å². The van der Waals surface area contributed by atoms with Gasteiger partial charge in [-0.3, -0.25) is 4.90 Å². The lowest BCUT2D eigenvalue weighted by Gasteiger charge is -2.35. The van der Waals surface area contributed by atoms with E-state index >= 15 is 0 Å². The highest BCUT2D eigenvalue weighted by Gasteiger charge is 2.19. The summed E-state index contributed by atoms with van der Waals surface area (Å²) in [5, 5.41) is 0.962. The van der Waals surface area contributed by atoms with Gasteiger partial charge in [-0.25, -0.2) is 15.0 Å². The lowest BCUT2D eigenvalue weighted by molar-refractivity contribution is 0.235. The number of hydrogen-bond acceptors (Lipinski definition) is 7. The van der Waals surface area contributed by atoms with Gasteiger partial charge in [0.2, 0.25) is 5.88 Å². The first-order valence-corrected chi connectivity index (χ1v) is 8.95. The van der Waals surface area contributed by atoms with Crippen molar-refractivity contribution in [2.75, 3.05) is 31.1 Å². The molecule has 1 fully saturated rings. The Kier molecular flexibility index (Phi) is 4.71. The molecule has 1 aliphatic heterocycles. The highest BCUT2D eigenvalue weighted by molar-refractivity contribution is 5.86. The van der Waals surface area contributed by atoms with Crippen LogP contribution in [0.15, 0.2) is 41.6 Å². The molecule has 7 nitrogen and oxygen atoms in total. The van der Waals surface area contributed by atoms with Crippen molar-refractivity contribution in [1.29, 1.82) is 0 Å². The maximum atomic E-state index is 5.85. The number of rotatable bonds is 5. The largest absolute Gasteiger partial charge is 0.474 e. The SMILES string of the molecule is CC(C)Oc1ncnc2ccc(N3CCN(Cc4cocn4)CC3)cc12. The lowest BCUT2D eigenvalue weighted by Crippen LogP contribution is -2.46. The summed E-state index contributed by atoms with van der Waals surface area (Å²) in [4.78, 5) is 17.7. The summed E-state index contributed by atoms with van der Waals surface area (Å²) >= 11 is 0. The molecule has 7 heteroatoms. The highest BCUT2D eigenvalue weighted by Crippen LogP contribution is 2.28. The number of benzene rings is 1. The molecule has 26 heavy (non-hydrogen) atoms. The quantitative estimate of drug-likeness (QED) is 0.698. The van der Waals surface area contributed by atoms with Crippen molar-refractivity contribution in [2.45, 2.75) is 26.5 Å². The van der Waals surface area contributed by atoms with Crippen molar-refractivity contribution in [3.63, 3.8) is 0 Å². The van der Waals surface area contributed by atoms with Gasteiger partial charge >= 0.3 is 0 Å². The second kappa shape index (κ2) is 7.29. The number of fused-ring (bicyclic) bond motifs is 1. The summed E-state index contributed by atoms with van der Waals surface area (Å²) < 4.78 is 10.9. The number of ether oxygens (including phenoxy) is 1. The molecule has 0 N–H and O–H groups in total. The van der Waals surface area contributed by atoms with Crippen LogP contribution in [0.4, 0.5) is 5.69 Å². The van der Waals surface area contributed by atoms with Gasteiger partial charge in [-0.2, -0.15) is 0 Å². The zero-order chi connectivity index (χ0) is 17.9. The van der Waals surface area contributed by atoms with E-state index in [1.165, 1.54) is 12.1 Å². The minimum absolute atomic E-state index is 0.0804. The van der Waals surface area contributed by atoms with Crippen molar-refractivity contribution < 1.29 is 9.15 Å². The maximum Gasteiger partial charge on any atom is 0.224 e. The van der Waals surface area contributed by atoms with Crippen molar-refractivity contribution in [3.05, 3.63) is 42.9 Å². The Morgan fingerprint density at radius 2 is 1.96 bits per heavy atom. The Labute approximate surface area is 152 Å². The molecule has 136 valence electrons. The maximum absolute atomic E-state index is 5.85. The number of oxazole rings is 1. The van der Waals surface area contributed by atoms with Crippen LogP contribution in [-0.4, -0.2) is 52.1 Å². The van der Waals surface area contributed by atoms with Crippen molar-refractivity contribution in [2.24, 2.45) is 0 Å². The summed E-state index contributed by atoms with van der Waals surface area (Å²) in [5.74, 6) is 0.650. The van der Waals surface area contributed by atoms with Crippen LogP contribution in [-0.2, 0) is 6.54 Å². The normalized spacial score (nSPS) is 15.7. The molecule has 0 bridgehead atoms. The Balaban J connectivity index is 1.48. The van der Waals surface area contributed by atoms with E-state index in [-0.39, 0.29) is 6.10 Å². The molecule has 0 radical (unpaired) electrons. The molecule has 0 spiro atoms. The van der Waals surface area contributed by atoms with Crippen LogP contribution in [0.1, 0.15) is 19.5 Å². The third kappa shape index (κ3) is 3.62. The van der Waals surface area contributed by atoms with Gasteiger partial charge in [0.05, 0.1) is 22.7 Å². The molecule has 1 aliphatic rings. The van der Waals surface area contributed by atoms with Crippen LogP contribution < -0.4 is 9.64 Å². The lowest BCUT2D eigenvalue weighted by atomic mass is 10.2. The van der Waals surface area contributed by atoms with Gasteiger partial charge in [-0.1, -0.05) is 0 Å². The van der Waals surface area contributed by atoms with E-state index in [1.54, 1.807) is 12.6 Å². The molecule has 3 aromatic rings. The molecule has 0 saturated carbocycles. The van der Waals surface area contributed by atoms with E-state index in [9.17, 15) is 0 Å². The second-order valence-corrected chi connectivity index (χ2v) is 6.79. The van der Waals surface area contributed by atoms with Crippen LogP contribution in [0.5, 0.6) is 5.88 Å². The van der Waals surface area contributed by atoms with Gasteiger partial charge in [-0.15, -0.1) is 0 Å². The number of nitrogens with zero attached hydrogens (tertiary/aromatic N) is 5. The van der Waals surface area contributed by atoms with Gasteiger partial charge in [0.15, 0.2) is 6.39 Å². The van der Waals surface area contributed by atoms with Crippen LogP contribution in [0, 0.1) is 0 Å². The Morgan fingerprint density at radius 3 is 2.69 bits per heavy atom. The molecule has 2 aromatic heterocycles. The average molecular weight is 353 g/mol. The van der Waals surface area contributed by atoms with Gasteiger partial charge in [0, 0.05) is 38.4 Å². The van der Waals surface area contributed by atoms with E-state index in [2.05, 4.69) is 36.9 Å². The number of aromatic nitrogens is 3. The molecule has 3 heterocycles. The van der Waals surface area contributed by atoms with E-state index in [4.69, 9.17) is 9.15 Å². The summed E-state index contributed by atoms with van der Waals surface area (Å²) in [5.41, 5.74) is 3.07. The fraction of sp³-hybridized carbons (Fsp3) is 0.421. The Bertz CT molecular complexity index is 858. The monoisotopic (exact) mass is 353 g/mol. The van der Waals surface area contributed by atoms with Crippen molar-refractivity contribution in [1.82, 2.24) is 19.9 Å². The van der Waals surface area contributed by atoms with Gasteiger partial charge in [-0.05, 0) is 32.0 Å². The fourth-order valence-corrected chi connectivity index (χ4v) is 3.24. The van der Waals surface area contributed by atoms with E-state index in [0.29, 0.717) is 5.88 Å². The Morgan fingerprint density at radius 1 is 1.12 bits per heavy atom. The molecule has 1 saturated heterocycles. The van der Waals surface area contributed by atoms with Crippen molar-refractivity contribution >= 4 is 16.6 Å². The summed E-state index contributed by atoms with van der Waals surface area (Å²) in [6.07, 6.45) is 4.84. The van der Waals surface area contributed by atoms with Crippen molar-refractivity contribution in [3.8, 4) is 5.88 Å². The zero-order valence-corrected chi connectivity index (χ0v) is 15.1. The van der Waals surface area contributed by atoms with Gasteiger partial charge in [0.1, 0.15) is 12.6 Å². The van der Waals surface area contributed by atoms with E-state index < -0.39 is 0 Å². The standard InChI is InChI=1S/C19H23N5O2/c1-14(2)26-19-17-9-16(3-4-18(17)20-12-21-19)24-7-5-23(6-8-24)10-15-11-25-13-22-15/h3-4,9,11-14H,5-8,10H2,1-2H3. The summed E-state index contributed by atoms with van der Waals surface area (Å²) in [6.45, 7) is 8.77. The molecule has 1 aromatic carbocycles. The minimum atomic E-state index is 0.0804. The third-order valence-electron chi connectivity index (χ3n) is 4.54. The second-order valence-electron chi connectivity index (χ2n) is 6.79. The van der Waals surface area contributed by atoms with Gasteiger partial charge < -0.3 is 14.1 Å².